The van der Waals surface area contributed by atoms with Gasteiger partial charge in [0.2, 0.25) is 6.10 Å². The standard InChI is InChI=1S/C17H20N2O4/c20-17(18-14-10-22-15-4-2-1-3-12(14)15)16-9-13(19-23-16)11-5-7-21-8-6-11/h1-4,11,14,16H,5-10H2,(H,18,20). The van der Waals surface area contributed by atoms with Crippen molar-refractivity contribution < 1.29 is 19.1 Å². The molecule has 3 aliphatic heterocycles. The van der Waals surface area contributed by atoms with E-state index < -0.39 is 6.10 Å². The van der Waals surface area contributed by atoms with Crippen LogP contribution in [0.5, 0.6) is 5.75 Å². The van der Waals surface area contributed by atoms with Gasteiger partial charge >= 0.3 is 0 Å². The molecule has 1 N–H and O–H groups in total. The summed E-state index contributed by atoms with van der Waals surface area (Å²) in [5.41, 5.74) is 2.01. The number of oxime groups is 1. The second kappa shape index (κ2) is 6.20. The molecule has 122 valence electrons. The first-order valence-electron chi connectivity index (χ1n) is 8.13. The molecule has 0 radical (unpaired) electrons. The molecule has 4 rings (SSSR count). The van der Waals surface area contributed by atoms with Crippen LogP contribution in [0, 0.1) is 5.92 Å². The highest BCUT2D eigenvalue weighted by atomic mass is 16.6. The van der Waals surface area contributed by atoms with Crippen molar-refractivity contribution in [2.24, 2.45) is 11.1 Å². The van der Waals surface area contributed by atoms with Gasteiger partial charge in [0, 0.05) is 31.1 Å². The van der Waals surface area contributed by atoms with Crippen molar-refractivity contribution in [2.75, 3.05) is 19.8 Å². The Morgan fingerprint density at radius 1 is 1.22 bits per heavy atom. The number of carbonyl (C=O) groups excluding carboxylic acids is 1. The lowest BCUT2D eigenvalue weighted by Crippen LogP contribution is -2.38. The Morgan fingerprint density at radius 3 is 2.91 bits per heavy atom. The number of benzene rings is 1. The zero-order valence-corrected chi connectivity index (χ0v) is 12.9. The number of hydrogen-bond acceptors (Lipinski definition) is 5. The van der Waals surface area contributed by atoms with Crippen LogP contribution in [-0.4, -0.2) is 37.5 Å². The highest BCUT2D eigenvalue weighted by Gasteiger charge is 2.35. The van der Waals surface area contributed by atoms with Gasteiger partial charge in [0.15, 0.2) is 0 Å². The monoisotopic (exact) mass is 316 g/mol. The van der Waals surface area contributed by atoms with Crippen LogP contribution in [0.3, 0.4) is 0 Å². The molecule has 0 aromatic heterocycles. The third kappa shape index (κ3) is 2.91. The van der Waals surface area contributed by atoms with Gasteiger partial charge in [-0.05, 0) is 18.9 Å². The van der Waals surface area contributed by atoms with Crippen LogP contribution in [0.4, 0.5) is 0 Å². The van der Waals surface area contributed by atoms with Crippen molar-refractivity contribution in [3.63, 3.8) is 0 Å². The van der Waals surface area contributed by atoms with Crippen LogP contribution >= 0.6 is 0 Å². The fourth-order valence-corrected chi connectivity index (χ4v) is 3.36. The Hall–Kier alpha value is -2.08. The first kappa shape index (κ1) is 14.5. The van der Waals surface area contributed by atoms with Crippen LogP contribution in [0.25, 0.3) is 0 Å². The number of hydrogen-bond donors (Lipinski definition) is 1. The van der Waals surface area contributed by atoms with E-state index in [1.165, 1.54) is 0 Å². The predicted octanol–water partition coefficient (Wildman–Crippen LogP) is 1.81. The zero-order chi connectivity index (χ0) is 15.6. The van der Waals surface area contributed by atoms with Gasteiger partial charge in [-0.25, -0.2) is 0 Å². The predicted molar refractivity (Wildman–Crippen MR) is 83.3 cm³/mol. The van der Waals surface area contributed by atoms with E-state index >= 15 is 0 Å². The fourth-order valence-electron chi connectivity index (χ4n) is 3.36. The summed E-state index contributed by atoms with van der Waals surface area (Å²) in [4.78, 5) is 17.8. The Balaban J connectivity index is 1.34. The summed E-state index contributed by atoms with van der Waals surface area (Å²) in [6.45, 7) is 1.99. The summed E-state index contributed by atoms with van der Waals surface area (Å²) >= 11 is 0. The summed E-state index contributed by atoms with van der Waals surface area (Å²) in [6, 6.07) is 7.66. The average molecular weight is 316 g/mol. The third-order valence-electron chi connectivity index (χ3n) is 4.69. The van der Waals surface area contributed by atoms with E-state index in [0.29, 0.717) is 18.9 Å². The first-order chi connectivity index (χ1) is 11.3. The van der Waals surface area contributed by atoms with Gasteiger partial charge in [-0.3, -0.25) is 4.79 Å². The van der Waals surface area contributed by atoms with E-state index in [1.54, 1.807) is 0 Å². The lowest BCUT2D eigenvalue weighted by molar-refractivity contribution is -0.132. The second-order valence-corrected chi connectivity index (χ2v) is 6.18. The molecule has 0 spiro atoms. The minimum Gasteiger partial charge on any atom is -0.491 e. The summed E-state index contributed by atoms with van der Waals surface area (Å²) in [5.74, 6) is 1.10. The van der Waals surface area contributed by atoms with Crippen LogP contribution in [0.15, 0.2) is 29.4 Å². The number of para-hydroxylation sites is 1. The number of nitrogens with one attached hydrogen (secondary N) is 1. The highest BCUT2D eigenvalue weighted by Crippen LogP contribution is 2.32. The van der Waals surface area contributed by atoms with Crippen LogP contribution < -0.4 is 10.1 Å². The van der Waals surface area contributed by atoms with E-state index in [4.69, 9.17) is 14.3 Å². The van der Waals surface area contributed by atoms with E-state index in [9.17, 15) is 4.79 Å². The van der Waals surface area contributed by atoms with E-state index in [2.05, 4.69) is 10.5 Å². The Bertz CT molecular complexity index is 625. The zero-order valence-electron chi connectivity index (χ0n) is 12.9. The molecule has 23 heavy (non-hydrogen) atoms. The molecular formula is C17H20N2O4. The van der Waals surface area contributed by atoms with Gasteiger partial charge in [-0.2, -0.15) is 0 Å². The molecule has 1 amide bonds. The topological polar surface area (TPSA) is 69.2 Å². The molecule has 0 saturated carbocycles. The van der Waals surface area contributed by atoms with Crippen LogP contribution in [0.1, 0.15) is 30.9 Å². The number of rotatable bonds is 3. The molecule has 1 saturated heterocycles. The minimum atomic E-state index is -0.527. The Morgan fingerprint density at radius 2 is 2.04 bits per heavy atom. The smallest absolute Gasteiger partial charge is 0.264 e. The largest absolute Gasteiger partial charge is 0.491 e. The fraction of sp³-hybridized carbons (Fsp3) is 0.529. The average Bonchev–Trinajstić information content (AvgIpc) is 3.24. The summed E-state index contributed by atoms with van der Waals surface area (Å²) < 4.78 is 11.0. The van der Waals surface area contributed by atoms with E-state index in [0.717, 1.165) is 43.1 Å². The quantitative estimate of drug-likeness (QED) is 0.923. The van der Waals surface area contributed by atoms with Crippen molar-refractivity contribution in [1.29, 1.82) is 0 Å². The third-order valence-corrected chi connectivity index (χ3v) is 4.69. The van der Waals surface area contributed by atoms with Crippen molar-refractivity contribution in [3.8, 4) is 5.75 Å². The normalized spacial score (nSPS) is 26.9. The van der Waals surface area contributed by atoms with Crippen LogP contribution in [0.2, 0.25) is 0 Å². The Labute approximate surface area is 134 Å². The maximum atomic E-state index is 12.4. The molecule has 0 bridgehead atoms. The molecule has 2 unspecified atom stereocenters. The van der Waals surface area contributed by atoms with E-state index in [1.807, 2.05) is 24.3 Å². The molecule has 2 atom stereocenters. The van der Waals surface area contributed by atoms with Crippen molar-refractivity contribution in [2.45, 2.75) is 31.4 Å². The Kier molecular flexibility index (Phi) is 3.91. The second-order valence-electron chi connectivity index (χ2n) is 6.18. The van der Waals surface area contributed by atoms with Crippen LogP contribution in [-0.2, 0) is 14.4 Å². The van der Waals surface area contributed by atoms with Crippen molar-refractivity contribution in [1.82, 2.24) is 5.32 Å². The molecule has 1 aromatic rings. The lowest BCUT2D eigenvalue weighted by atomic mass is 9.91. The molecule has 3 heterocycles. The summed E-state index contributed by atoms with van der Waals surface area (Å²) in [7, 11) is 0. The van der Waals surface area contributed by atoms with Gasteiger partial charge in [-0.1, -0.05) is 23.4 Å². The molecule has 0 aliphatic carbocycles. The maximum Gasteiger partial charge on any atom is 0.264 e. The number of amides is 1. The SMILES string of the molecule is O=C(NC1COc2ccccc21)C1CC(C2CCOCC2)=NO1. The summed E-state index contributed by atoms with van der Waals surface area (Å²) in [6.07, 6.45) is 1.97. The van der Waals surface area contributed by atoms with Gasteiger partial charge in [0.05, 0.1) is 11.8 Å². The minimum absolute atomic E-state index is 0.116. The summed E-state index contributed by atoms with van der Waals surface area (Å²) in [5, 5.41) is 7.16. The number of fused-ring (bicyclic) bond motifs is 1. The first-order valence-corrected chi connectivity index (χ1v) is 8.13. The van der Waals surface area contributed by atoms with Gasteiger partial charge in [0.1, 0.15) is 12.4 Å². The van der Waals surface area contributed by atoms with Crippen molar-refractivity contribution in [3.05, 3.63) is 29.8 Å². The van der Waals surface area contributed by atoms with E-state index in [-0.39, 0.29) is 11.9 Å². The molecule has 3 aliphatic rings. The lowest BCUT2D eigenvalue weighted by Gasteiger charge is -2.21. The molecule has 1 aromatic carbocycles. The van der Waals surface area contributed by atoms with Gasteiger partial charge < -0.3 is 19.6 Å². The number of ether oxygens (including phenoxy) is 2. The van der Waals surface area contributed by atoms with Crippen molar-refractivity contribution >= 4 is 11.6 Å². The van der Waals surface area contributed by atoms with Gasteiger partial charge in [0.25, 0.3) is 5.91 Å². The molecule has 6 nitrogen and oxygen atoms in total. The number of carbonyl (C=O) groups is 1. The molecular weight excluding hydrogens is 296 g/mol. The maximum absolute atomic E-state index is 12.4. The molecule has 6 heteroatoms. The van der Waals surface area contributed by atoms with Gasteiger partial charge in [-0.15, -0.1) is 0 Å². The number of nitrogens with zero attached hydrogens (tertiary/aromatic N) is 1. The highest BCUT2D eigenvalue weighted by molar-refractivity contribution is 5.94. The molecule has 1 fully saturated rings.